The fourth-order valence-electron chi connectivity index (χ4n) is 3.68. The molecule has 0 saturated carbocycles. The quantitative estimate of drug-likeness (QED) is 0.679. The van der Waals surface area contributed by atoms with E-state index in [9.17, 15) is 17.6 Å². The number of fused-ring (bicyclic) bond motifs is 1. The van der Waals surface area contributed by atoms with E-state index in [1.165, 1.54) is 22.7 Å². The second kappa shape index (κ2) is 7.77. The summed E-state index contributed by atoms with van der Waals surface area (Å²) >= 11 is 0. The summed E-state index contributed by atoms with van der Waals surface area (Å²) in [6, 6.07) is 7.52. The van der Waals surface area contributed by atoms with Crippen LogP contribution in [0.2, 0.25) is 0 Å². The first-order valence-corrected chi connectivity index (χ1v) is 11.4. The van der Waals surface area contributed by atoms with Crippen LogP contribution < -0.4 is 5.32 Å². The molecule has 1 aliphatic heterocycles. The van der Waals surface area contributed by atoms with Crippen LogP contribution in [0.25, 0.3) is 22.4 Å². The summed E-state index contributed by atoms with van der Waals surface area (Å²) in [5, 5.41) is 7.33. The van der Waals surface area contributed by atoms with Gasteiger partial charge < -0.3 is 9.84 Å². The number of rotatable bonds is 4. The van der Waals surface area contributed by atoms with Crippen LogP contribution in [0, 0.1) is 12.7 Å². The van der Waals surface area contributed by atoms with Crippen molar-refractivity contribution in [2.45, 2.75) is 25.8 Å². The van der Waals surface area contributed by atoms with Gasteiger partial charge in [-0.25, -0.2) is 22.1 Å². The van der Waals surface area contributed by atoms with E-state index in [0.717, 1.165) is 0 Å². The highest BCUT2D eigenvalue weighted by atomic mass is 32.2. The minimum absolute atomic E-state index is 0.158. The summed E-state index contributed by atoms with van der Waals surface area (Å²) in [7, 11) is -3.24. The van der Waals surface area contributed by atoms with Gasteiger partial charge in [0.2, 0.25) is 10.0 Å². The first-order valence-electron chi connectivity index (χ1n) is 9.52. The van der Waals surface area contributed by atoms with Crippen LogP contribution in [0.5, 0.6) is 0 Å². The summed E-state index contributed by atoms with van der Waals surface area (Å²) in [4.78, 5) is 17.4. The number of aromatic nitrogens is 2. The number of nitrogens with one attached hydrogen (secondary N) is 1. The second-order valence-corrected chi connectivity index (χ2v) is 9.38. The van der Waals surface area contributed by atoms with Crippen molar-refractivity contribution in [1.82, 2.24) is 19.8 Å². The average Bonchev–Trinajstić information content (AvgIpc) is 3.08. The lowest BCUT2D eigenvalue weighted by atomic mass is 10.0. The number of carbonyl (C=O) groups is 1. The molecule has 1 aromatic carbocycles. The van der Waals surface area contributed by atoms with Gasteiger partial charge in [0.25, 0.3) is 11.6 Å². The van der Waals surface area contributed by atoms with Crippen LogP contribution in [0.3, 0.4) is 0 Å². The van der Waals surface area contributed by atoms with Gasteiger partial charge in [0.15, 0.2) is 0 Å². The number of nitrogens with zero attached hydrogens (tertiary/aromatic N) is 3. The minimum atomic E-state index is -3.24. The maximum Gasteiger partial charge on any atom is 0.259 e. The Bertz CT molecular complexity index is 1220. The van der Waals surface area contributed by atoms with Crippen LogP contribution in [-0.4, -0.2) is 54.2 Å². The standard InChI is InChI=1S/C20H21FN4O4S/c1-12-18-15(19(26)22-13-7-9-25(10-8-13)30(2,27)28)11-17(23-20(18)29-24-12)14-5-3-4-6-16(14)21/h3-6,11,13H,7-10H2,1-2H3,(H,22,26). The van der Waals surface area contributed by atoms with Gasteiger partial charge in [-0.15, -0.1) is 0 Å². The zero-order chi connectivity index (χ0) is 21.5. The van der Waals surface area contributed by atoms with Gasteiger partial charge in [-0.05, 0) is 38.0 Å². The zero-order valence-corrected chi connectivity index (χ0v) is 17.4. The molecule has 10 heteroatoms. The molecular formula is C20H21FN4O4S. The fraction of sp³-hybridized carbons (Fsp3) is 0.350. The van der Waals surface area contributed by atoms with E-state index in [1.807, 2.05) is 0 Å². The van der Waals surface area contributed by atoms with Gasteiger partial charge in [0, 0.05) is 24.7 Å². The molecule has 1 N–H and O–H groups in total. The summed E-state index contributed by atoms with van der Waals surface area (Å²) in [5.41, 5.74) is 1.49. The number of hydrogen-bond donors (Lipinski definition) is 1. The first kappa shape index (κ1) is 20.4. The molecule has 0 unspecified atom stereocenters. The topological polar surface area (TPSA) is 105 Å². The maximum absolute atomic E-state index is 14.3. The van der Waals surface area contributed by atoms with Gasteiger partial charge in [-0.2, -0.15) is 0 Å². The van der Waals surface area contributed by atoms with Gasteiger partial charge in [0.05, 0.1) is 28.6 Å². The predicted octanol–water partition coefficient (Wildman–Crippen LogP) is 2.49. The fourth-order valence-corrected chi connectivity index (χ4v) is 4.55. The molecule has 3 heterocycles. The number of benzene rings is 1. The molecule has 0 atom stereocenters. The van der Waals surface area contributed by atoms with E-state index in [-0.39, 0.29) is 28.9 Å². The number of pyridine rings is 1. The molecule has 0 spiro atoms. The molecule has 4 rings (SSSR count). The molecule has 1 amide bonds. The Kier molecular flexibility index (Phi) is 5.29. The van der Waals surface area contributed by atoms with Crippen molar-refractivity contribution in [2.75, 3.05) is 19.3 Å². The highest BCUT2D eigenvalue weighted by Gasteiger charge is 2.27. The lowest BCUT2D eigenvalue weighted by Gasteiger charge is -2.30. The van der Waals surface area contributed by atoms with Crippen molar-refractivity contribution in [3.8, 4) is 11.3 Å². The molecule has 2 aromatic heterocycles. The van der Waals surface area contributed by atoms with Crippen molar-refractivity contribution < 1.29 is 22.1 Å². The molecule has 1 aliphatic rings. The zero-order valence-electron chi connectivity index (χ0n) is 16.6. The molecule has 8 nitrogen and oxygen atoms in total. The van der Waals surface area contributed by atoms with E-state index in [4.69, 9.17) is 4.52 Å². The van der Waals surface area contributed by atoms with E-state index in [1.54, 1.807) is 25.1 Å². The summed E-state index contributed by atoms with van der Waals surface area (Å²) < 4.78 is 44.3. The predicted molar refractivity (Wildman–Crippen MR) is 109 cm³/mol. The Morgan fingerprint density at radius 2 is 1.97 bits per heavy atom. The van der Waals surface area contributed by atoms with E-state index in [2.05, 4.69) is 15.5 Å². The van der Waals surface area contributed by atoms with Gasteiger partial charge >= 0.3 is 0 Å². The van der Waals surface area contributed by atoms with E-state index in [0.29, 0.717) is 42.6 Å². The summed E-state index contributed by atoms with van der Waals surface area (Å²) in [6.07, 6.45) is 2.20. The van der Waals surface area contributed by atoms with Gasteiger partial charge in [0.1, 0.15) is 5.82 Å². The lowest BCUT2D eigenvalue weighted by Crippen LogP contribution is -2.46. The van der Waals surface area contributed by atoms with Crippen molar-refractivity contribution in [2.24, 2.45) is 0 Å². The van der Waals surface area contributed by atoms with Crippen molar-refractivity contribution in [3.05, 3.63) is 47.4 Å². The molecule has 158 valence electrons. The summed E-state index contributed by atoms with van der Waals surface area (Å²) in [5.74, 6) is -0.816. The molecule has 0 aliphatic carbocycles. The maximum atomic E-state index is 14.3. The van der Waals surface area contributed by atoms with Crippen LogP contribution in [-0.2, 0) is 10.0 Å². The average molecular weight is 432 g/mol. The third-order valence-electron chi connectivity index (χ3n) is 5.27. The highest BCUT2D eigenvalue weighted by molar-refractivity contribution is 7.88. The number of halogens is 1. The monoisotopic (exact) mass is 432 g/mol. The molecule has 0 radical (unpaired) electrons. The normalized spacial score (nSPS) is 16.1. The van der Waals surface area contributed by atoms with Crippen LogP contribution in [0.15, 0.2) is 34.9 Å². The Morgan fingerprint density at radius 1 is 1.27 bits per heavy atom. The largest absolute Gasteiger partial charge is 0.349 e. The van der Waals surface area contributed by atoms with Crippen molar-refractivity contribution in [3.63, 3.8) is 0 Å². The second-order valence-electron chi connectivity index (χ2n) is 7.39. The first-order chi connectivity index (χ1) is 14.2. The highest BCUT2D eigenvalue weighted by Crippen LogP contribution is 2.28. The molecular weight excluding hydrogens is 411 g/mol. The van der Waals surface area contributed by atoms with Crippen LogP contribution in [0.1, 0.15) is 28.9 Å². The molecule has 1 fully saturated rings. The van der Waals surface area contributed by atoms with Gasteiger partial charge in [-0.1, -0.05) is 17.3 Å². The molecule has 30 heavy (non-hydrogen) atoms. The van der Waals surface area contributed by atoms with E-state index >= 15 is 0 Å². The van der Waals surface area contributed by atoms with E-state index < -0.39 is 15.8 Å². The Hall–Kier alpha value is -2.85. The lowest BCUT2D eigenvalue weighted by molar-refractivity contribution is 0.0925. The van der Waals surface area contributed by atoms with Crippen molar-refractivity contribution in [1.29, 1.82) is 0 Å². The smallest absolute Gasteiger partial charge is 0.259 e. The number of amides is 1. The number of hydrogen-bond acceptors (Lipinski definition) is 6. The van der Waals surface area contributed by atoms with Gasteiger partial charge in [-0.3, -0.25) is 4.79 Å². The molecule has 1 saturated heterocycles. The van der Waals surface area contributed by atoms with Crippen LogP contribution in [0.4, 0.5) is 4.39 Å². The number of piperidine rings is 1. The summed E-state index contributed by atoms with van der Waals surface area (Å²) in [6.45, 7) is 2.41. The Balaban J connectivity index is 1.64. The number of carbonyl (C=O) groups excluding carboxylic acids is 1. The Labute approximate surface area is 173 Å². The SMILES string of the molecule is Cc1noc2nc(-c3ccccc3F)cc(C(=O)NC3CCN(S(C)(=O)=O)CC3)c12. The third-order valence-corrected chi connectivity index (χ3v) is 6.57. The molecule has 3 aromatic rings. The van der Waals surface area contributed by atoms with Crippen LogP contribution >= 0.6 is 0 Å². The minimum Gasteiger partial charge on any atom is -0.349 e. The Morgan fingerprint density at radius 3 is 2.63 bits per heavy atom. The number of aryl methyl sites for hydroxylation is 1. The third kappa shape index (κ3) is 3.92. The number of sulfonamides is 1. The molecule has 0 bridgehead atoms. The van der Waals surface area contributed by atoms with Crippen molar-refractivity contribution >= 4 is 27.0 Å².